The lowest BCUT2D eigenvalue weighted by Gasteiger charge is -2.28. The van der Waals surface area contributed by atoms with E-state index in [1.54, 1.807) is 173 Å². The number of rotatable bonds is 38. The summed E-state index contributed by atoms with van der Waals surface area (Å²) in [6.07, 6.45) is 23.7. The summed E-state index contributed by atoms with van der Waals surface area (Å²) < 4.78 is 72.6. The van der Waals surface area contributed by atoms with Crippen LogP contribution >= 0.6 is 0 Å². The number of fused-ring (bicyclic) bond motifs is 3. The largest absolute Gasteiger partial charge is 0.466 e. The number of nitrogens with one attached hydrogen (secondary N) is 3. The first-order valence-electron chi connectivity index (χ1n) is 47.3. The van der Waals surface area contributed by atoms with Crippen molar-refractivity contribution in [3.8, 4) is 70.3 Å². The number of aryl methyl sites for hydroxylation is 5. The Morgan fingerprint density at radius 1 is 0.415 bits per heavy atom. The van der Waals surface area contributed by atoms with Crippen LogP contribution in [-0.2, 0) is 67.2 Å². The molecule has 2 amide bonds. The fourth-order valence-electron chi connectivity index (χ4n) is 14.3. The quantitative estimate of drug-likeness (QED) is 0.00808. The van der Waals surface area contributed by atoms with Crippen molar-refractivity contribution in [1.29, 1.82) is 5.26 Å². The highest BCUT2D eigenvalue weighted by molar-refractivity contribution is 6.08. The van der Waals surface area contributed by atoms with Gasteiger partial charge in [-0.25, -0.2) is 84.3 Å². The number of imidazole rings is 5. The summed E-state index contributed by atoms with van der Waals surface area (Å²) in [5.41, 5.74) is 7.96. The van der Waals surface area contributed by atoms with E-state index in [1.807, 2.05) is 142 Å². The van der Waals surface area contributed by atoms with Gasteiger partial charge in [-0.05, 0) is 187 Å². The zero-order chi connectivity index (χ0) is 105. The van der Waals surface area contributed by atoms with Gasteiger partial charge in [-0.15, -0.1) is 0 Å². The van der Waals surface area contributed by atoms with Crippen LogP contribution in [0.1, 0.15) is 185 Å². The van der Waals surface area contributed by atoms with Crippen molar-refractivity contribution in [2.75, 3.05) is 86.1 Å². The number of nitriles is 1. The molecule has 2 unspecified atom stereocenters. The molecule has 0 aliphatic carbocycles. The van der Waals surface area contributed by atoms with E-state index >= 15 is 0 Å². The first-order chi connectivity index (χ1) is 70.7. The molecular weight excluding hydrogens is 1900 g/mol. The van der Waals surface area contributed by atoms with Crippen LogP contribution in [0.15, 0.2) is 184 Å². The first-order valence-corrected chi connectivity index (χ1v) is 47.3. The summed E-state index contributed by atoms with van der Waals surface area (Å²) in [6.45, 7) is 32.5. The lowest BCUT2D eigenvalue weighted by atomic mass is 10.1. The highest BCUT2D eigenvalue weighted by atomic mass is 16.7. The number of aromatic nitrogens is 20. The molecule has 0 bridgehead atoms. The number of hydrogen-bond acceptors (Lipinski definition) is 39. The molecule has 3 aromatic carbocycles. The van der Waals surface area contributed by atoms with Crippen LogP contribution in [0.3, 0.4) is 0 Å². The maximum atomic E-state index is 13.1. The topological polar surface area (TPSA) is 527 Å². The number of nitrogens with zero attached hydrogens (tertiary/aromatic N) is 24. The number of Topliss-reactive ketones (excluding diaryl/α,β-unsaturated/α-hetero) is 1. The van der Waals surface area contributed by atoms with Crippen LogP contribution in [0.2, 0.25) is 0 Å². The molecule has 3 N–H and O–H groups in total. The van der Waals surface area contributed by atoms with E-state index in [4.69, 9.17) is 67.1 Å². The van der Waals surface area contributed by atoms with E-state index in [-0.39, 0.29) is 109 Å². The third kappa shape index (κ3) is 34.1. The summed E-state index contributed by atoms with van der Waals surface area (Å²) in [4.78, 5) is 159. The molecule has 0 spiro atoms. The van der Waals surface area contributed by atoms with Gasteiger partial charge in [0.1, 0.15) is 66.7 Å². The fraction of sp³-hybridized carbons (Fsp3) is 0.386. The third-order valence-electron chi connectivity index (χ3n) is 20.7. The van der Waals surface area contributed by atoms with Crippen molar-refractivity contribution in [2.45, 2.75) is 172 Å². The standard InChI is InChI=1S/C28H36N6O6.C28H34N6O6.C23H28N6O4.C13H14N4O3.C9H7N5/c2*1-6-37-25(35)15-21(22-13-19(2)31-26(32-22)34-11-9-29-17-34)30-10-12-33(27(36)40-28(3,4)5)16-20-7-8-23-24(14-20)39-18-38-23;1-3-31-22(30)12-18(19-10-16(2)27-23(28-19)29-9-8-25-14-29)26-7-6-24-13-17-4-5-20-21(11-17)33-15-32-20;1-3-20-12(19)7-11(18)10-6-9(2)15-13(16-10)17-5-4-14-8-17;1-7-4-8(5-10)13-9(12-7)14-3-2-11-6-14/h7-9,11,13-14,17,21,30H,6,10,12,15-16,18H2,1-5H3;7-9,11,13-14,17H,6,10,12,15-16,18H2,1-5H3;4-5,8-11,14,18,24,26H,3,6-7,12-13,15H2,1-2H3;4-6,8H,3,7H2,1-2H3;2-4,6H,1H3. The fourth-order valence-corrected chi connectivity index (χ4v) is 14.3. The summed E-state index contributed by atoms with van der Waals surface area (Å²) in [6, 6.07) is 26.9. The molecular formula is C101H119N27O19. The molecule has 0 radical (unpaired) electrons. The van der Waals surface area contributed by atoms with Gasteiger partial charge >= 0.3 is 36.1 Å². The van der Waals surface area contributed by atoms with Gasteiger partial charge in [0.2, 0.25) is 50.1 Å². The Labute approximate surface area is 848 Å². The van der Waals surface area contributed by atoms with Crippen molar-refractivity contribution in [3.05, 3.63) is 252 Å². The number of benzene rings is 3. The monoisotopic (exact) mass is 2010 g/mol. The molecule has 10 aromatic heterocycles. The van der Waals surface area contributed by atoms with Crippen LogP contribution in [-0.4, -0.2) is 252 Å². The average molecular weight is 2020 g/mol. The van der Waals surface area contributed by atoms with E-state index in [0.717, 1.165) is 51.0 Å². The first kappa shape index (κ1) is 109. The molecule has 46 nitrogen and oxygen atoms in total. The SMILES string of the molecule is CCOC(=O)CC(=NCCN(Cc1ccc2c(c1)OCO2)C(=O)OC(C)(C)C)c1cc(C)nc(-n2ccnc2)n1.CCOC(=O)CC(=O)c1cc(C)nc(-n2ccnc2)n1.CCOC(=O)CC(NCCN(Cc1ccc2c(c1)OCO2)C(=O)OC(C)(C)C)c1cc(C)nc(-n2ccnc2)n1.CCOC(=O)CC(NCCNCc1ccc2c(c1)OCO2)c1cc(C)nc(-n2ccnc2)n1.Cc1cc(C#N)nc(-n2ccnc2)n1. The predicted molar refractivity (Wildman–Crippen MR) is 529 cm³/mol. The maximum absolute atomic E-state index is 13.1. The minimum Gasteiger partial charge on any atom is -0.466 e. The number of aliphatic imine (C=N–C) groups is 1. The zero-order valence-corrected chi connectivity index (χ0v) is 84.5. The second-order valence-electron chi connectivity index (χ2n) is 34.8. The van der Waals surface area contributed by atoms with Crippen LogP contribution < -0.4 is 44.4 Å². The number of esters is 4. The smallest absolute Gasteiger partial charge is 0.410 e. The van der Waals surface area contributed by atoms with Gasteiger partial charge in [0, 0.05) is 143 Å². The van der Waals surface area contributed by atoms with Gasteiger partial charge in [0.25, 0.3) is 0 Å². The number of amides is 2. The molecule has 772 valence electrons. The van der Waals surface area contributed by atoms with Gasteiger partial charge < -0.3 is 82.6 Å². The second kappa shape index (κ2) is 53.4. The maximum Gasteiger partial charge on any atom is 0.410 e. The number of carbonyl (C=O) groups is 7. The average Bonchev–Trinajstić information content (AvgIpc) is 1.74. The van der Waals surface area contributed by atoms with Crippen LogP contribution in [0.25, 0.3) is 29.7 Å². The van der Waals surface area contributed by atoms with Crippen molar-refractivity contribution >= 4 is 47.6 Å². The van der Waals surface area contributed by atoms with Crippen molar-refractivity contribution < 1.29 is 90.4 Å². The summed E-state index contributed by atoms with van der Waals surface area (Å²) in [5, 5.41) is 18.9. The van der Waals surface area contributed by atoms with E-state index in [2.05, 4.69) is 90.7 Å². The lowest BCUT2D eigenvalue weighted by molar-refractivity contribution is -0.144. The van der Waals surface area contributed by atoms with Gasteiger partial charge in [0.15, 0.2) is 40.3 Å². The van der Waals surface area contributed by atoms with E-state index in [0.29, 0.717) is 133 Å². The molecule has 0 saturated heterocycles. The Morgan fingerprint density at radius 2 is 0.776 bits per heavy atom. The number of ketones is 1. The number of ether oxygens (including phenoxy) is 12. The van der Waals surface area contributed by atoms with Gasteiger partial charge in [0.05, 0.1) is 87.1 Å². The molecule has 3 aliphatic rings. The van der Waals surface area contributed by atoms with Crippen LogP contribution in [0.4, 0.5) is 9.59 Å². The molecule has 0 fully saturated rings. The van der Waals surface area contributed by atoms with Gasteiger partial charge in [-0.3, -0.25) is 51.8 Å². The Hall–Kier alpha value is -17.0. The van der Waals surface area contributed by atoms with Crippen molar-refractivity contribution in [2.24, 2.45) is 4.99 Å². The van der Waals surface area contributed by atoms with E-state index in [1.165, 1.54) is 6.33 Å². The normalized spacial score (nSPS) is 12.3. The molecule has 46 heteroatoms. The minimum absolute atomic E-state index is 0.0578. The molecule has 147 heavy (non-hydrogen) atoms. The predicted octanol–water partition coefficient (Wildman–Crippen LogP) is 11.6. The molecule has 16 rings (SSSR count). The highest BCUT2D eigenvalue weighted by Crippen LogP contribution is 2.36. The number of carbonyl (C=O) groups excluding carboxylic acids is 7. The van der Waals surface area contributed by atoms with Crippen molar-refractivity contribution in [3.63, 3.8) is 0 Å². The molecule has 13 aromatic rings. The molecule has 3 aliphatic heterocycles. The van der Waals surface area contributed by atoms with Crippen molar-refractivity contribution in [1.82, 2.24) is 123 Å². The molecule has 0 saturated carbocycles. The van der Waals surface area contributed by atoms with E-state index in [9.17, 15) is 33.6 Å². The Morgan fingerprint density at radius 3 is 1.19 bits per heavy atom. The van der Waals surface area contributed by atoms with E-state index < -0.39 is 47.2 Å². The summed E-state index contributed by atoms with van der Waals surface area (Å²) >= 11 is 0. The summed E-state index contributed by atoms with van der Waals surface area (Å²) in [5.74, 6) is 4.32. The lowest BCUT2D eigenvalue weighted by Crippen LogP contribution is -2.41. The molecule has 2 atom stereocenters. The molecule has 13 heterocycles. The summed E-state index contributed by atoms with van der Waals surface area (Å²) in [7, 11) is 0. The zero-order valence-electron chi connectivity index (χ0n) is 84.5. The van der Waals surface area contributed by atoms with Crippen LogP contribution in [0.5, 0.6) is 34.5 Å². The van der Waals surface area contributed by atoms with Gasteiger partial charge in [-0.1, -0.05) is 18.2 Å². The number of hydrogen-bond donors (Lipinski definition) is 3. The highest BCUT2D eigenvalue weighted by Gasteiger charge is 2.30. The second-order valence-corrected chi connectivity index (χ2v) is 34.8. The Kier molecular flexibility index (Phi) is 39.5. The van der Waals surface area contributed by atoms with Crippen LogP contribution in [0, 0.1) is 45.9 Å². The minimum atomic E-state index is -0.676. The Bertz CT molecular complexity index is 6630. The third-order valence-corrected chi connectivity index (χ3v) is 20.7. The van der Waals surface area contributed by atoms with Gasteiger partial charge in [-0.2, -0.15) is 5.26 Å². The Balaban J connectivity index is 0.000000170.